The molecule has 0 bridgehead atoms. The van der Waals surface area contributed by atoms with E-state index in [2.05, 4.69) is 10.6 Å². The van der Waals surface area contributed by atoms with Crippen molar-refractivity contribution in [3.63, 3.8) is 0 Å². The number of benzene rings is 1. The van der Waals surface area contributed by atoms with Crippen LogP contribution in [-0.2, 0) is 9.84 Å². The first-order valence-electron chi connectivity index (χ1n) is 5.70. The molecule has 0 unspecified atom stereocenters. The highest BCUT2D eigenvalue weighted by Crippen LogP contribution is 2.19. The summed E-state index contributed by atoms with van der Waals surface area (Å²) in [6.07, 6.45) is 1.98. The second-order valence-electron chi connectivity index (χ2n) is 4.13. The Bertz CT molecular complexity index is 538. The van der Waals surface area contributed by atoms with Crippen molar-refractivity contribution in [2.24, 2.45) is 0 Å². The smallest absolute Gasteiger partial charge is 0.319 e. The highest BCUT2D eigenvalue weighted by molar-refractivity contribution is 7.90. The average molecular weight is 270 g/mol. The maximum atomic E-state index is 11.5. The van der Waals surface area contributed by atoms with Crippen LogP contribution in [0.25, 0.3) is 0 Å². The number of sulfone groups is 1. The lowest BCUT2D eigenvalue weighted by molar-refractivity contribution is 0.252. The van der Waals surface area contributed by atoms with Gasteiger partial charge < -0.3 is 10.6 Å². The maximum Gasteiger partial charge on any atom is 0.319 e. The zero-order valence-corrected chi connectivity index (χ0v) is 11.6. The van der Waals surface area contributed by atoms with Gasteiger partial charge in [0.1, 0.15) is 0 Å². The topological polar surface area (TPSA) is 75.3 Å². The van der Waals surface area contributed by atoms with Crippen LogP contribution in [0.15, 0.2) is 23.1 Å². The minimum atomic E-state index is -3.27. The Morgan fingerprint density at radius 1 is 1.33 bits per heavy atom. The first-order chi connectivity index (χ1) is 8.34. The van der Waals surface area contributed by atoms with Crippen LogP contribution in [0.1, 0.15) is 18.9 Å². The number of amides is 2. The van der Waals surface area contributed by atoms with Crippen molar-refractivity contribution in [2.75, 3.05) is 18.1 Å². The molecule has 0 spiro atoms. The fourth-order valence-corrected chi connectivity index (χ4v) is 2.02. The lowest BCUT2D eigenvalue weighted by Crippen LogP contribution is -2.29. The third-order valence-electron chi connectivity index (χ3n) is 2.42. The predicted octanol–water partition coefficient (Wildman–Crippen LogP) is 1.93. The largest absolute Gasteiger partial charge is 0.338 e. The number of urea groups is 1. The zero-order chi connectivity index (χ0) is 13.8. The minimum Gasteiger partial charge on any atom is -0.338 e. The first kappa shape index (κ1) is 14.5. The van der Waals surface area contributed by atoms with Gasteiger partial charge >= 0.3 is 6.03 Å². The molecule has 0 radical (unpaired) electrons. The third kappa shape index (κ3) is 4.03. The van der Waals surface area contributed by atoms with Gasteiger partial charge in [0.25, 0.3) is 0 Å². The Morgan fingerprint density at radius 3 is 2.56 bits per heavy atom. The monoisotopic (exact) mass is 270 g/mol. The van der Waals surface area contributed by atoms with Crippen molar-refractivity contribution in [2.45, 2.75) is 25.2 Å². The van der Waals surface area contributed by atoms with Gasteiger partial charge in [-0.3, -0.25) is 0 Å². The van der Waals surface area contributed by atoms with Gasteiger partial charge in [0.05, 0.1) is 4.90 Å². The Hall–Kier alpha value is -1.56. The number of carbonyl (C=O) groups is 1. The molecule has 0 aliphatic rings. The highest BCUT2D eigenvalue weighted by Gasteiger charge is 2.10. The molecule has 0 saturated heterocycles. The van der Waals surface area contributed by atoms with Gasteiger partial charge in [0, 0.05) is 18.5 Å². The Morgan fingerprint density at radius 2 is 2.00 bits per heavy atom. The molecule has 1 rings (SSSR count). The van der Waals surface area contributed by atoms with Crippen LogP contribution in [0.5, 0.6) is 0 Å². The van der Waals surface area contributed by atoms with Crippen molar-refractivity contribution in [1.29, 1.82) is 0 Å². The summed E-state index contributed by atoms with van der Waals surface area (Å²) in [5.41, 5.74) is 1.32. The fourth-order valence-electron chi connectivity index (χ4n) is 1.37. The summed E-state index contributed by atoms with van der Waals surface area (Å²) in [5, 5.41) is 5.31. The van der Waals surface area contributed by atoms with E-state index in [0.717, 1.165) is 18.2 Å². The van der Waals surface area contributed by atoms with Gasteiger partial charge in [-0.25, -0.2) is 13.2 Å². The molecular weight excluding hydrogens is 252 g/mol. The molecule has 0 aliphatic heterocycles. The summed E-state index contributed by atoms with van der Waals surface area (Å²) in [4.78, 5) is 11.7. The summed E-state index contributed by atoms with van der Waals surface area (Å²) in [6, 6.07) is 4.34. The summed E-state index contributed by atoms with van der Waals surface area (Å²) in [6.45, 7) is 4.34. The van der Waals surface area contributed by atoms with Crippen molar-refractivity contribution in [3.8, 4) is 0 Å². The van der Waals surface area contributed by atoms with Crippen LogP contribution >= 0.6 is 0 Å². The van der Waals surface area contributed by atoms with E-state index in [1.165, 1.54) is 12.1 Å². The van der Waals surface area contributed by atoms with Crippen LogP contribution in [0.3, 0.4) is 0 Å². The minimum absolute atomic E-state index is 0.193. The van der Waals surface area contributed by atoms with Gasteiger partial charge in [-0.1, -0.05) is 13.0 Å². The third-order valence-corrected chi connectivity index (χ3v) is 3.53. The molecule has 0 aromatic heterocycles. The number of nitrogens with one attached hydrogen (secondary N) is 2. The molecular formula is C12H18N2O3S. The van der Waals surface area contributed by atoms with E-state index in [4.69, 9.17) is 0 Å². The van der Waals surface area contributed by atoms with Gasteiger partial charge in [0.15, 0.2) is 9.84 Å². The summed E-state index contributed by atoms with van der Waals surface area (Å²) < 4.78 is 22.9. The van der Waals surface area contributed by atoms with Crippen LogP contribution in [0.4, 0.5) is 10.5 Å². The Kier molecular flexibility index (Phi) is 4.72. The molecule has 18 heavy (non-hydrogen) atoms. The van der Waals surface area contributed by atoms with Crippen LogP contribution < -0.4 is 10.6 Å². The quantitative estimate of drug-likeness (QED) is 0.877. The summed E-state index contributed by atoms with van der Waals surface area (Å²) >= 11 is 0. The van der Waals surface area contributed by atoms with Crippen LogP contribution in [0.2, 0.25) is 0 Å². The second-order valence-corrected chi connectivity index (χ2v) is 6.15. The molecule has 0 fully saturated rings. The molecule has 0 aliphatic carbocycles. The van der Waals surface area contributed by atoms with Gasteiger partial charge in [-0.15, -0.1) is 0 Å². The molecule has 2 amide bonds. The van der Waals surface area contributed by atoms with Crippen LogP contribution in [-0.4, -0.2) is 27.2 Å². The maximum absolute atomic E-state index is 11.5. The van der Waals surface area contributed by atoms with E-state index in [1.807, 2.05) is 13.8 Å². The number of hydrogen-bond donors (Lipinski definition) is 2. The number of carbonyl (C=O) groups excluding carboxylic acids is 1. The predicted molar refractivity (Wildman–Crippen MR) is 71.6 cm³/mol. The lowest BCUT2D eigenvalue weighted by atomic mass is 10.2. The highest BCUT2D eigenvalue weighted by atomic mass is 32.2. The number of aryl methyl sites for hydroxylation is 1. The fraction of sp³-hybridized carbons (Fsp3) is 0.417. The summed E-state index contributed by atoms with van der Waals surface area (Å²) in [7, 11) is -3.27. The lowest BCUT2D eigenvalue weighted by Gasteiger charge is -2.10. The standard InChI is InChI=1S/C12H18N2O3S/c1-4-7-13-12(15)14-11-8-10(18(3,16)17)6-5-9(11)2/h5-6,8H,4,7H2,1-3H3,(H2,13,14,15). The molecule has 0 saturated carbocycles. The van der Waals surface area contributed by atoms with E-state index < -0.39 is 9.84 Å². The van der Waals surface area contributed by atoms with Crippen molar-refractivity contribution in [3.05, 3.63) is 23.8 Å². The molecule has 5 nitrogen and oxygen atoms in total. The first-order valence-corrected chi connectivity index (χ1v) is 7.59. The molecule has 1 aromatic carbocycles. The van der Waals surface area contributed by atoms with Gasteiger partial charge in [-0.2, -0.15) is 0 Å². The number of hydrogen-bond acceptors (Lipinski definition) is 3. The van der Waals surface area contributed by atoms with Crippen molar-refractivity contribution >= 4 is 21.6 Å². The van der Waals surface area contributed by atoms with Crippen molar-refractivity contribution < 1.29 is 13.2 Å². The molecule has 6 heteroatoms. The molecule has 100 valence electrons. The Labute approximate surface area is 108 Å². The van der Waals surface area contributed by atoms with Gasteiger partial charge in [0.2, 0.25) is 0 Å². The van der Waals surface area contributed by atoms with E-state index in [0.29, 0.717) is 12.2 Å². The molecule has 2 N–H and O–H groups in total. The van der Waals surface area contributed by atoms with E-state index in [-0.39, 0.29) is 10.9 Å². The zero-order valence-electron chi connectivity index (χ0n) is 10.8. The number of rotatable bonds is 4. The molecule has 0 heterocycles. The molecule has 0 atom stereocenters. The van der Waals surface area contributed by atoms with Gasteiger partial charge in [-0.05, 0) is 31.0 Å². The molecule has 1 aromatic rings. The number of anilines is 1. The van der Waals surface area contributed by atoms with E-state index in [9.17, 15) is 13.2 Å². The SMILES string of the molecule is CCCNC(=O)Nc1cc(S(C)(=O)=O)ccc1C. The van der Waals surface area contributed by atoms with E-state index in [1.54, 1.807) is 6.07 Å². The normalized spacial score (nSPS) is 11.1. The second kappa shape index (κ2) is 5.86. The average Bonchev–Trinajstić information content (AvgIpc) is 2.28. The summed E-state index contributed by atoms with van der Waals surface area (Å²) in [5.74, 6) is 0. The van der Waals surface area contributed by atoms with Crippen molar-refractivity contribution in [1.82, 2.24) is 5.32 Å². The van der Waals surface area contributed by atoms with Crippen LogP contribution in [0, 0.1) is 6.92 Å². The van der Waals surface area contributed by atoms with E-state index >= 15 is 0 Å². The Balaban J connectivity index is 2.92.